The summed E-state index contributed by atoms with van der Waals surface area (Å²) < 4.78 is 0. The first-order chi connectivity index (χ1) is 13.1. The predicted octanol–water partition coefficient (Wildman–Crippen LogP) is 2.87. The highest BCUT2D eigenvalue weighted by molar-refractivity contribution is 7.99. The second-order valence-electron chi connectivity index (χ2n) is 5.85. The van der Waals surface area contributed by atoms with Gasteiger partial charge >= 0.3 is 0 Å². The Morgan fingerprint density at radius 1 is 0.963 bits per heavy atom. The van der Waals surface area contributed by atoms with Crippen molar-refractivity contribution in [3.8, 4) is 11.1 Å². The Bertz CT molecular complexity index is 1170. The van der Waals surface area contributed by atoms with Gasteiger partial charge in [-0.15, -0.1) is 0 Å². The predicted molar refractivity (Wildman–Crippen MR) is 106 cm³/mol. The normalized spacial score (nSPS) is 11.0. The topological polar surface area (TPSA) is 118 Å². The molecule has 0 saturated carbocycles. The number of imidazole rings is 1. The molecule has 2 heterocycles. The highest BCUT2D eigenvalue weighted by Gasteiger charge is 2.12. The number of hydrogen-bond donors (Lipinski definition) is 3. The molecule has 4 rings (SSSR count). The van der Waals surface area contributed by atoms with E-state index < -0.39 is 0 Å². The van der Waals surface area contributed by atoms with Gasteiger partial charge in [0.15, 0.2) is 22.1 Å². The second kappa shape index (κ2) is 7.08. The summed E-state index contributed by atoms with van der Waals surface area (Å²) in [5.74, 6) is 0.171. The quantitative estimate of drug-likeness (QED) is 0.364. The first-order valence-corrected chi connectivity index (χ1v) is 9.16. The van der Waals surface area contributed by atoms with Crippen molar-refractivity contribution >= 4 is 34.7 Å². The minimum Gasteiger partial charge on any atom is -0.369 e. The van der Waals surface area contributed by atoms with Crippen LogP contribution in [0.25, 0.3) is 22.3 Å². The lowest BCUT2D eigenvalue weighted by molar-refractivity contribution is 0.102. The third kappa shape index (κ3) is 3.61. The number of aromatic amines is 2. The molecule has 27 heavy (non-hydrogen) atoms. The van der Waals surface area contributed by atoms with Crippen molar-refractivity contribution in [3.05, 3.63) is 70.5 Å². The van der Waals surface area contributed by atoms with Crippen molar-refractivity contribution in [2.75, 3.05) is 11.5 Å². The number of hydrogen-bond acceptors (Lipinski definition) is 6. The number of thioether (sulfide) groups is 1. The van der Waals surface area contributed by atoms with Crippen molar-refractivity contribution in [2.45, 2.75) is 5.16 Å². The van der Waals surface area contributed by atoms with Gasteiger partial charge in [0, 0.05) is 5.56 Å². The maximum atomic E-state index is 12.4. The third-order valence-corrected chi connectivity index (χ3v) is 4.89. The van der Waals surface area contributed by atoms with Crippen LogP contribution in [0.1, 0.15) is 10.4 Å². The molecule has 8 heteroatoms. The van der Waals surface area contributed by atoms with Gasteiger partial charge in [0.2, 0.25) is 5.95 Å². The van der Waals surface area contributed by atoms with E-state index in [4.69, 9.17) is 5.73 Å². The number of ketones is 1. The molecule has 2 aromatic heterocycles. The number of benzene rings is 2. The number of H-pyrrole nitrogens is 2. The van der Waals surface area contributed by atoms with E-state index in [-0.39, 0.29) is 34.2 Å². The summed E-state index contributed by atoms with van der Waals surface area (Å²) in [6.45, 7) is 0. The molecular formula is C19H15N5O2S. The molecule has 2 aromatic carbocycles. The zero-order chi connectivity index (χ0) is 18.8. The van der Waals surface area contributed by atoms with Gasteiger partial charge in [-0.05, 0) is 11.1 Å². The molecular weight excluding hydrogens is 362 g/mol. The molecule has 7 nitrogen and oxygen atoms in total. The highest BCUT2D eigenvalue weighted by Crippen LogP contribution is 2.21. The van der Waals surface area contributed by atoms with Crippen LogP contribution >= 0.6 is 11.8 Å². The molecule has 0 radical (unpaired) electrons. The van der Waals surface area contributed by atoms with Crippen molar-refractivity contribution in [3.63, 3.8) is 0 Å². The standard InChI is InChI=1S/C19H15N5O2S/c20-18-22-16-15(17(26)24-18)21-19(23-16)27-10-14(25)13-8-6-12(7-9-13)11-4-2-1-3-5-11/h1-9H,10H2,(H4,20,21,22,23,24,26). The number of nitrogen functional groups attached to an aromatic ring is 1. The van der Waals surface area contributed by atoms with E-state index in [1.165, 1.54) is 11.8 Å². The Balaban J connectivity index is 1.46. The van der Waals surface area contributed by atoms with E-state index in [9.17, 15) is 9.59 Å². The molecule has 0 amide bonds. The van der Waals surface area contributed by atoms with Crippen LogP contribution in [0.5, 0.6) is 0 Å². The number of carbonyl (C=O) groups excluding carboxylic acids is 1. The molecule has 0 aliphatic heterocycles. The Hall–Kier alpha value is -3.39. The van der Waals surface area contributed by atoms with E-state index in [1.807, 2.05) is 54.6 Å². The maximum Gasteiger partial charge on any atom is 0.278 e. The van der Waals surface area contributed by atoms with E-state index in [2.05, 4.69) is 19.9 Å². The van der Waals surface area contributed by atoms with Crippen molar-refractivity contribution < 1.29 is 4.79 Å². The molecule has 0 bridgehead atoms. The summed E-state index contributed by atoms with van der Waals surface area (Å²) in [4.78, 5) is 37.7. The monoisotopic (exact) mass is 377 g/mol. The molecule has 134 valence electrons. The van der Waals surface area contributed by atoms with Crippen molar-refractivity contribution in [1.82, 2.24) is 19.9 Å². The van der Waals surface area contributed by atoms with Crippen molar-refractivity contribution in [1.29, 1.82) is 0 Å². The smallest absolute Gasteiger partial charge is 0.278 e. The van der Waals surface area contributed by atoms with Crippen LogP contribution in [0.2, 0.25) is 0 Å². The van der Waals surface area contributed by atoms with Crippen LogP contribution in [0.4, 0.5) is 5.95 Å². The Morgan fingerprint density at radius 3 is 2.41 bits per heavy atom. The number of nitrogens with one attached hydrogen (secondary N) is 2. The van der Waals surface area contributed by atoms with Crippen LogP contribution < -0.4 is 11.3 Å². The molecule has 0 aliphatic rings. The molecule has 0 atom stereocenters. The lowest BCUT2D eigenvalue weighted by atomic mass is 10.0. The number of anilines is 1. The number of Topliss-reactive ketones (excluding diaryl/α,β-unsaturated/α-hetero) is 1. The van der Waals surface area contributed by atoms with Gasteiger partial charge < -0.3 is 10.7 Å². The van der Waals surface area contributed by atoms with E-state index in [0.717, 1.165) is 11.1 Å². The first-order valence-electron chi connectivity index (χ1n) is 8.17. The Morgan fingerprint density at radius 2 is 1.67 bits per heavy atom. The SMILES string of the molecule is Nc1nc2nc(SCC(=O)c3ccc(-c4ccccc4)cc3)[nH]c2c(=O)[nH]1. The molecule has 0 saturated heterocycles. The largest absolute Gasteiger partial charge is 0.369 e. The van der Waals surface area contributed by atoms with Gasteiger partial charge in [-0.2, -0.15) is 4.98 Å². The minimum absolute atomic E-state index is 0.00475. The summed E-state index contributed by atoms with van der Waals surface area (Å²) in [6, 6.07) is 17.5. The summed E-state index contributed by atoms with van der Waals surface area (Å²) in [6.07, 6.45) is 0. The van der Waals surface area contributed by atoms with Crippen LogP contribution in [-0.4, -0.2) is 31.5 Å². The number of nitrogens with two attached hydrogens (primary N) is 1. The number of rotatable bonds is 5. The molecule has 4 aromatic rings. The number of carbonyl (C=O) groups is 1. The molecule has 0 aliphatic carbocycles. The summed E-state index contributed by atoms with van der Waals surface area (Å²) in [5.41, 5.74) is 8.37. The minimum atomic E-state index is -0.389. The zero-order valence-corrected chi connectivity index (χ0v) is 14.9. The molecule has 0 spiro atoms. The Labute approximate surface area is 158 Å². The van der Waals surface area contributed by atoms with Gasteiger partial charge in [0.1, 0.15) is 0 Å². The highest BCUT2D eigenvalue weighted by atomic mass is 32.2. The summed E-state index contributed by atoms with van der Waals surface area (Å²) >= 11 is 1.21. The second-order valence-corrected chi connectivity index (χ2v) is 6.81. The fraction of sp³-hybridized carbons (Fsp3) is 0.0526. The zero-order valence-electron chi connectivity index (χ0n) is 14.1. The van der Waals surface area contributed by atoms with Crippen LogP contribution in [-0.2, 0) is 0 Å². The fourth-order valence-corrected chi connectivity index (χ4v) is 3.43. The van der Waals surface area contributed by atoms with Gasteiger partial charge in [-0.25, -0.2) is 4.98 Å². The summed E-state index contributed by atoms with van der Waals surface area (Å²) in [5, 5.41) is 0.447. The number of fused-ring (bicyclic) bond motifs is 1. The van der Waals surface area contributed by atoms with E-state index >= 15 is 0 Å². The molecule has 0 fully saturated rings. The van der Waals surface area contributed by atoms with Gasteiger partial charge in [-0.3, -0.25) is 14.6 Å². The third-order valence-electron chi connectivity index (χ3n) is 4.01. The fourth-order valence-electron chi connectivity index (χ4n) is 2.67. The van der Waals surface area contributed by atoms with Crippen molar-refractivity contribution in [2.24, 2.45) is 0 Å². The lowest BCUT2D eigenvalue weighted by Crippen LogP contribution is -2.10. The van der Waals surface area contributed by atoms with E-state index in [0.29, 0.717) is 10.7 Å². The Kier molecular flexibility index (Phi) is 4.47. The van der Waals surface area contributed by atoms with Gasteiger partial charge in [0.25, 0.3) is 5.56 Å². The molecule has 4 N–H and O–H groups in total. The molecule has 0 unspecified atom stereocenters. The maximum absolute atomic E-state index is 12.4. The average Bonchev–Trinajstić information content (AvgIpc) is 3.10. The van der Waals surface area contributed by atoms with Crippen LogP contribution in [0, 0.1) is 0 Å². The van der Waals surface area contributed by atoms with Crippen LogP contribution in [0.3, 0.4) is 0 Å². The number of aromatic nitrogens is 4. The summed E-state index contributed by atoms with van der Waals surface area (Å²) in [7, 11) is 0. The van der Waals surface area contributed by atoms with Gasteiger partial charge in [0.05, 0.1) is 5.75 Å². The number of nitrogens with zero attached hydrogens (tertiary/aromatic N) is 2. The lowest BCUT2D eigenvalue weighted by Gasteiger charge is -2.03. The van der Waals surface area contributed by atoms with Gasteiger partial charge in [-0.1, -0.05) is 66.4 Å². The average molecular weight is 377 g/mol. The van der Waals surface area contributed by atoms with Crippen LogP contribution in [0.15, 0.2) is 64.5 Å². The van der Waals surface area contributed by atoms with E-state index in [1.54, 1.807) is 0 Å². The first kappa shape index (κ1) is 17.0.